The summed E-state index contributed by atoms with van der Waals surface area (Å²) in [5.74, 6) is 1.59. The molecule has 9 heteroatoms. The Morgan fingerprint density at radius 1 is 1.17 bits per heavy atom. The highest BCUT2D eigenvalue weighted by Crippen LogP contribution is 2.27. The molecule has 0 radical (unpaired) electrons. The molecule has 0 aromatic carbocycles. The van der Waals surface area contributed by atoms with Crippen molar-refractivity contribution in [2.24, 2.45) is 0 Å². The number of methoxy groups -OCH3 is 1. The Bertz CT molecular complexity index is 1190. The van der Waals surface area contributed by atoms with E-state index in [2.05, 4.69) is 30.3 Å². The van der Waals surface area contributed by atoms with Crippen molar-refractivity contribution in [3.05, 3.63) is 36.4 Å². The van der Waals surface area contributed by atoms with Gasteiger partial charge >= 0.3 is 0 Å². The largest absolute Gasteiger partial charge is 0.383 e. The Hall–Kier alpha value is -3.04. The highest BCUT2D eigenvalue weighted by molar-refractivity contribution is 5.82. The van der Waals surface area contributed by atoms with Crippen molar-refractivity contribution in [2.45, 2.75) is 38.4 Å². The molecule has 1 saturated carbocycles. The van der Waals surface area contributed by atoms with Crippen LogP contribution in [0.25, 0.3) is 27.9 Å². The van der Waals surface area contributed by atoms with E-state index in [9.17, 15) is 0 Å². The van der Waals surface area contributed by atoms with Gasteiger partial charge in [-0.3, -0.25) is 0 Å². The molecule has 1 aliphatic rings. The van der Waals surface area contributed by atoms with E-state index in [-0.39, 0.29) is 0 Å². The Morgan fingerprint density at radius 3 is 2.83 bits per heavy atom. The molecule has 4 aromatic heterocycles. The van der Waals surface area contributed by atoms with Crippen molar-refractivity contribution >= 4 is 22.6 Å². The SMILES string of the molecule is CN[C@H]1C[C@H](Nc2ncc3c(-c4ccc5nc(C)n(CCOC)c5n4)ccn3n2)C1. The summed E-state index contributed by atoms with van der Waals surface area (Å²) in [4.78, 5) is 14.1. The first-order valence-electron chi connectivity index (χ1n) is 10.3. The zero-order chi connectivity index (χ0) is 20.7. The van der Waals surface area contributed by atoms with Crippen molar-refractivity contribution in [1.29, 1.82) is 0 Å². The lowest BCUT2D eigenvalue weighted by molar-refractivity contribution is 0.187. The number of pyridine rings is 1. The minimum atomic E-state index is 0.426. The summed E-state index contributed by atoms with van der Waals surface area (Å²) in [5, 5.41) is 11.3. The molecule has 5 rings (SSSR count). The maximum Gasteiger partial charge on any atom is 0.241 e. The van der Waals surface area contributed by atoms with E-state index in [0.29, 0.717) is 24.6 Å². The molecule has 156 valence electrons. The van der Waals surface area contributed by atoms with Gasteiger partial charge in [0.05, 0.1) is 24.0 Å². The lowest BCUT2D eigenvalue weighted by Gasteiger charge is -2.35. The predicted octanol–water partition coefficient (Wildman–Crippen LogP) is 2.26. The van der Waals surface area contributed by atoms with Crippen molar-refractivity contribution in [3.63, 3.8) is 0 Å². The van der Waals surface area contributed by atoms with Gasteiger partial charge in [-0.25, -0.2) is 19.5 Å². The van der Waals surface area contributed by atoms with Gasteiger partial charge in [0.1, 0.15) is 11.3 Å². The summed E-state index contributed by atoms with van der Waals surface area (Å²) >= 11 is 0. The van der Waals surface area contributed by atoms with Gasteiger partial charge in [-0.05, 0) is 45.0 Å². The maximum atomic E-state index is 5.24. The Kier molecular flexibility index (Phi) is 4.84. The van der Waals surface area contributed by atoms with Crippen LogP contribution in [0.3, 0.4) is 0 Å². The van der Waals surface area contributed by atoms with Crippen LogP contribution in [0.1, 0.15) is 18.7 Å². The van der Waals surface area contributed by atoms with E-state index in [0.717, 1.165) is 53.1 Å². The first kappa shape index (κ1) is 19.0. The zero-order valence-corrected chi connectivity index (χ0v) is 17.5. The van der Waals surface area contributed by atoms with Gasteiger partial charge < -0.3 is 19.9 Å². The molecule has 0 saturated heterocycles. The summed E-state index contributed by atoms with van der Waals surface area (Å²) in [5.41, 5.74) is 4.56. The number of fused-ring (bicyclic) bond motifs is 2. The van der Waals surface area contributed by atoms with E-state index in [1.807, 2.05) is 49.1 Å². The quantitative estimate of drug-likeness (QED) is 0.486. The van der Waals surface area contributed by atoms with Crippen LogP contribution in [0.15, 0.2) is 30.6 Å². The van der Waals surface area contributed by atoms with Crippen LogP contribution in [0, 0.1) is 6.92 Å². The lowest BCUT2D eigenvalue weighted by Crippen LogP contribution is -2.46. The molecule has 1 fully saturated rings. The summed E-state index contributed by atoms with van der Waals surface area (Å²) in [6, 6.07) is 7.07. The average molecular weight is 406 g/mol. The third kappa shape index (κ3) is 3.29. The van der Waals surface area contributed by atoms with E-state index >= 15 is 0 Å². The van der Waals surface area contributed by atoms with Gasteiger partial charge in [0.15, 0.2) is 5.65 Å². The lowest BCUT2D eigenvalue weighted by atomic mass is 9.87. The molecule has 4 heterocycles. The average Bonchev–Trinajstić information content (AvgIpc) is 3.28. The summed E-state index contributed by atoms with van der Waals surface area (Å²) in [7, 11) is 3.70. The molecule has 0 spiro atoms. The zero-order valence-electron chi connectivity index (χ0n) is 17.5. The third-order valence-corrected chi connectivity index (χ3v) is 5.87. The second-order valence-electron chi connectivity index (χ2n) is 7.78. The number of hydrogen-bond donors (Lipinski definition) is 2. The number of ether oxygens (including phenoxy) is 1. The molecular formula is C21H26N8O. The van der Waals surface area contributed by atoms with Crippen LogP contribution in [0.4, 0.5) is 5.95 Å². The Morgan fingerprint density at radius 2 is 2.03 bits per heavy atom. The van der Waals surface area contributed by atoms with Crippen molar-refractivity contribution in [2.75, 3.05) is 26.1 Å². The molecule has 0 aliphatic heterocycles. The minimum absolute atomic E-state index is 0.426. The van der Waals surface area contributed by atoms with Crippen LogP contribution < -0.4 is 10.6 Å². The molecule has 9 nitrogen and oxygen atoms in total. The highest BCUT2D eigenvalue weighted by atomic mass is 16.5. The van der Waals surface area contributed by atoms with Gasteiger partial charge in [0.25, 0.3) is 0 Å². The fourth-order valence-electron chi connectivity index (χ4n) is 4.05. The Balaban J connectivity index is 1.45. The number of rotatable bonds is 7. The first-order valence-corrected chi connectivity index (χ1v) is 10.3. The molecule has 2 N–H and O–H groups in total. The van der Waals surface area contributed by atoms with E-state index in [1.165, 1.54) is 0 Å². The van der Waals surface area contributed by atoms with E-state index < -0.39 is 0 Å². The van der Waals surface area contributed by atoms with Crippen LogP contribution >= 0.6 is 0 Å². The predicted molar refractivity (Wildman–Crippen MR) is 116 cm³/mol. The molecule has 4 aromatic rings. The van der Waals surface area contributed by atoms with Gasteiger partial charge in [0, 0.05) is 37.5 Å². The monoisotopic (exact) mass is 406 g/mol. The summed E-state index contributed by atoms with van der Waals surface area (Å²) < 4.78 is 9.19. The van der Waals surface area contributed by atoms with Crippen molar-refractivity contribution in [1.82, 2.24) is 34.4 Å². The molecular weight excluding hydrogens is 380 g/mol. The summed E-state index contributed by atoms with van der Waals surface area (Å²) in [6.07, 6.45) is 6.00. The van der Waals surface area contributed by atoms with Crippen LogP contribution in [-0.2, 0) is 11.3 Å². The van der Waals surface area contributed by atoms with Crippen LogP contribution in [-0.4, -0.2) is 62.0 Å². The number of aryl methyl sites for hydroxylation is 1. The molecule has 1 aliphatic carbocycles. The number of imidazole rings is 1. The van der Waals surface area contributed by atoms with Crippen molar-refractivity contribution < 1.29 is 4.74 Å². The third-order valence-electron chi connectivity index (χ3n) is 5.87. The highest BCUT2D eigenvalue weighted by Gasteiger charge is 2.28. The van der Waals surface area contributed by atoms with E-state index in [1.54, 1.807) is 7.11 Å². The summed E-state index contributed by atoms with van der Waals surface area (Å²) in [6.45, 7) is 3.33. The fraction of sp³-hybridized carbons (Fsp3) is 0.429. The number of nitrogens with zero attached hydrogens (tertiary/aromatic N) is 6. The van der Waals surface area contributed by atoms with Crippen LogP contribution in [0.5, 0.6) is 0 Å². The van der Waals surface area contributed by atoms with Gasteiger partial charge in [0.2, 0.25) is 5.95 Å². The fourth-order valence-corrected chi connectivity index (χ4v) is 4.05. The second kappa shape index (κ2) is 7.66. The molecule has 0 bridgehead atoms. The second-order valence-corrected chi connectivity index (χ2v) is 7.78. The van der Waals surface area contributed by atoms with E-state index in [4.69, 9.17) is 9.72 Å². The maximum absolute atomic E-state index is 5.24. The normalized spacial score (nSPS) is 18.8. The van der Waals surface area contributed by atoms with Crippen LogP contribution in [0.2, 0.25) is 0 Å². The molecule has 0 amide bonds. The first-order chi connectivity index (χ1) is 14.7. The standard InChI is InChI=1S/C21H26N8O/c1-13-24-18-5-4-17(26-20(18)28(13)8-9-30-3)16-6-7-29-19(16)12-23-21(27-29)25-15-10-14(11-15)22-2/h4-7,12,14-15,22H,8-11H2,1-3H3,(H,25,27)/t14-,15-. The minimum Gasteiger partial charge on any atom is -0.383 e. The Labute approximate surface area is 174 Å². The topological polar surface area (TPSA) is 94.2 Å². The van der Waals surface area contributed by atoms with Gasteiger partial charge in [-0.15, -0.1) is 5.10 Å². The number of hydrogen-bond acceptors (Lipinski definition) is 7. The number of nitrogens with one attached hydrogen (secondary N) is 2. The number of anilines is 1. The smallest absolute Gasteiger partial charge is 0.241 e. The molecule has 0 atom stereocenters. The molecule has 0 unspecified atom stereocenters. The van der Waals surface area contributed by atoms with Gasteiger partial charge in [-0.2, -0.15) is 0 Å². The van der Waals surface area contributed by atoms with Gasteiger partial charge in [-0.1, -0.05) is 0 Å². The van der Waals surface area contributed by atoms with Crippen molar-refractivity contribution in [3.8, 4) is 11.3 Å². The molecule has 30 heavy (non-hydrogen) atoms. The number of aromatic nitrogens is 6.